The summed E-state index contributed by atoms with van der Waals surface area (Å²) in [4.78, 5) is 0. The van der Waals surface area contributed by atoms with E-state index in [4.69, 9.17) is 0 Å². The first-order valence-corrected chi connectivity index (χ1v) is 4.62. The summed E-state index contributed by atoms with van der Waals surface area (Å²) in [5, 5.41) is -7.45. The predicted molar refractivity (Wildman–Crippen MR) is 47.9 cm³/mol. The van der Waals surface area contributed by atoms with E-state index in [1.54, 1.807) is 0 Å². The smallest absolute Gasteiger partial charge is 0.199 e. The van der Waals surface area contributed by atoms with E-state index in [9.17, 15) is 22.0 Å². The molecule has 0 saturated carbocycles. The van der Waals surface area contributed by atoms with Gasteiger partial charge in [0.2, 0.25) is 0 Å². The van der Waals surface area contributed by atoms with Crippen molar-refractivity contribution in [1.82, 2.24) is 0 Å². The Morgan fingerprint density at radius 3 is 0.929 bits per heavy atom. The molecule has 0 aromatic rings. The van der Waals surface area contributed by atoms with Gasteiger partial charge in [0.25, 0.3) is 0 Å². The molecule has 0 N–H and O–H groups in total. The van der Waals surface area contributed by atoms with E-state index in [2.05, 4.69) is 58.0 Å². The van der Waals surface area contributed by atoms with Crippen LogP contribution in [-0.4, -0.2) is 21.2 Å². The molecule has 0 saturated heterocycles. The lowest BCUT2D eigenvalue weighted by Crippen LogP contribution is -2.27. The highest BCUT2D eigenvalue weighted by Crippen LogP contribution is 2.42. The molecule has 0 aliphatic rings. The number of hydrogen-bond acceptors (Lipinski definition) is 0. The molecular formula is C4H2Cl5F5. The van der Waals surface area contributed by atoms with Gasteiger partial charge in [0.1, 0.15) is 5.88 Å². The van der Waals surface area contributed by atoms with Crippen molar-refractivity contribution in [3.63, 3.8) is 0 Å². The summed E-state index contributed by atoms with van der Waals surface area (Å²) >= 11 is 21.3. The maximum absolute atomic E-state index is 11.5. The van der Waals surface area contributed by atoms with E-state index in [1.807, 2.05) is 0 Å². The fourth-order valence-corrected chi connectivity index (χ4v) is 0. The summed E-state index contributed by atoms with van der Waals surface area (Å²) < 4.78 is 52.7. The molecule has 0 aliphatic carbocycles. The molecule has 14 heavy (non-hydrogen) atoms. The van der Waals surface area contributed by atoms with E-state index in [1.165, 1.54) is 0 Å². The Morgan fingerprint density at radius 1 is 0.786 bits per heavy atom. The lowest BCUT2D eigenvalue weighted by molar-refractivity contribution is 0.0241. The molecule has 0 nitrogen and oxygen atoms in total. The fourth-order valence-electron chi connectivity index (χ4n) is 0. The zero-order valence-electron chi connectivity index (χ0n) is 5.99. The highest BCUT2D eigenvalue weighted by atomic mass is 35.5. The summed E-state index contributed by atoms with van der Waals surface area (Å²) in [6, 6.07) is 0. The van der Waals surface area contributed by atoms with Crippen LogP contribution in [0.4, 0.5) is 22.0 Å². The first kappa shape index (κ1) is 17.5. The van der Waals surface area contributed by atoms with Gasteiger partial charge in [-0.05, 0) is 23.2 Å². The summed E-state index contributed by atoms with van der Waals surface area (Å²) in [5.41, 5.74) is 0. The van der Waals surface area contributed by atoms with Crippen LogP contribution >= 0.6 is 58.0 Å². The quantitative estimate of drug-likeness (QED) is 0.497. The van der Waals surface area contributed by atoms with Crippen molar-refractivity contribution in [1.29, 1.82) is 0 Å². The van der Waals surface area contributed by atoms with Crippen LogP contribution in [0.5, 0.6) is 0 Å². The highest BCUT2D eigenvalue weighted by Gasteiger charge is 2.51. The van der Waals surface area contributed by atoms with Crippen LogP contribution in [-0.2, 0) is 0 Å². The van der Waals surface area contributed by atoms with Crippen LogP contribution in [0.15, 0.2) is 0 Å². The van der Waals surface area contributed by atoms with Crippen LogP contribution in [0.2, 0.25) is 0 Å². The normalized spacial score (nSPS) is 13.3. The molecule has 0 atom stereocenters. The molecule has 0 aromatic heterocycles. The SMILES string of the molecule is FC(F)(Cl)C(F)(Cl)Cl.FC(F)(Cl)CCl. The van der Waals surface area contributed by atoms with Crippen molar-refractivity contribution in [2.24, 2.45) is 0 Å². The predicted octanol–water partition coefficient (Wildman–Crippen LogP) is 4.98. The zero-order valence-corrected chi connectivity index (χ0v) is 9.77. The van der Waals surface area contributed by atoms with Gasteiger partial charge in [-0.3, -0.25) is 0 Å². The van der Waals surface area contributed by atoms with Crippen molar-refractivity contribution >= 4 is 58.0 Å². The van der Waals surface area contributed by atoms with Crippen LogP contribution in [0.25, 0.3) is 0 Å². The minimum atomic E-state index is -4.23. The van der Waals surface area contributed by atoms with E-state index >= 15 is 0 Å². The van der Waals surface area contributed by atoms with Gasteiger partial charge in [0.05, 0.1) is 0 Å². The van der Waals surface area contributed by atoms with Crippen molar-refractivity contribution in [3.8, 4) is 0 Å². The molecule has 0 radical (unpaired) electrons. The Bertz CT molecular complexity index is 143. The van der Waals surface area contributed by atoms with E-state index in [-0.39, 0.29) is 0 Å². The maximum Gasteiger partial charge on any atom is 0.383 e. The molecule has 0 rings (SSSR count). The molecule has 0 aliphatic heterocycles. The first-order chi connectivity index (χ1) is 5.81. The van der Waals surface area contributed by atoms with Gasteiger partial charge in [0, 0.05) is 0 Å². The second kappa shape index (κ2) is 5.99. The first-order valence-electron chi connectivity index (χ1n) is 2.57. The minimum absolute atomic E-state index is 0.825. The van der Waals surface area contributed by atoms with E-state index < -0.39 is 21.2 Å². The molecule has 0 bridgehead atoms. The molecule has 0 fully saturated rings. The molecule has 10 heteroatoms. The second-order valence-electron chi connectivity index (χ2n) is 1.74. The Hall–Kier alpha value is 1.10. The Morgan fingerprint density at radius 2 is 0.929 bits per heavy atom. The Labute approximate surface area is 101 Å². The maximum atomic E-state index is 11.5. The van der Waals surface area contributed by atoms with Crippen LogP contribution in [0, 0.1) is 0 Å². The molecule has 0 amide bonds. The summed E-state index contributed by atoms with van der Waals surface area (Å²) in [7, 11) is 0. The lowest BCUT2D eigenvalue weighted by atomic mass is 10.8. The standard InChI is InChI=1S/C2Cl3F3.C2H2Cl2F2/c3-1(4,6)2(5,7)8;3-1-2(4,5)6/h;1H2. The second-order valence-corrected chi connectivity index (χ2v) is 4.27. The van der Waals surface area contributed by atoms with Gasteiger partial charge in [-0.1, -0.05) is 23.2 Å². The van der Waals surface area contributed by atoms with E-state index in [0.29, 0.717) is 0 Å². The van der Waals surface area contributed by atoms with Crippen molar-refractivity contribution < 1.29 is 22.0 Å². The van der Waals surface area contributed by atoms with Gasteiger partial charge < -0.3 is 0 Å². The molecule has 0 spiro atoms. The molecular weight excluding hydrogens is 320 g/mol. The molecule has 0 heterocycles. The van der Waals surface area contributed by atoms with Crippen LogP contribution < -0.4 is 0 Å². The van der Waals surface area contributed by atoms with Gasteiger partial charge in [-0.15, -0.1) is 11.6 Å². The number of hydrogen-bond donors (Lipinski definition) is 0. The Kier molecular flexibility index (Phi) is 7.48. The number of alkyl halides is 10. The lowest BCUT2D eigenvalue weighted by Gasteiger charge is -2.13. The van der Waals surface area contributed by atoms with E-state index in [0.717, 1.165) is 0 Å². The largest absolute Gasteiger partial charge is 0.383 e. The molecule has 0 unspecified atom stereocenters. The van der Waals surface area contributed by atoms with Crippen molar-refractivity contribution in [3.05, 3.63) is 0 Å². The zero-order chi connectivity index (χ0) is 12.2. The van der Waals surface area contributed by atoms with Gasteiger partial charge in [-0.2, -0.15) is 22.0 Å². The number of rotatable bonds is 2. The third kappa shape index (κ3) is 11.2. The Balaban J connectivity index is 0. The minimum Gasteiger partial charge on any atom is -0.199 e. The monoisotopic (exact) mass is 320 g/mol. The third-order valence-corrected chi connectivity index (χ3v) is 2.01. The summed E-state index contributed by atoms with van der Waals surface area (Å²) in [6.45, 7) is 0. The number of halogens is 10. The third-order valence-electron chi connectivity index (χ3n) is 0.473. The van der Waals surface area contributed by atoms with Crippen molar-refractivity contribution in [2.45, 2.75) is 15.4 Å². The molecule has 88 valence electrons. The fraction of sp³-hybridized carbons (Fsp3) is 1.00. The van der Waals surface area contributed by atoms with Gasteiger partial charge in [0.15, 0.2) is 0 Å². The highest BCUT2D eigenvalue weighted by molar-refractivity contribution is 6.51. The molecule has 0 aromatic carbocycles. The van der Waals surface area contributed by atoms with Gasteiger partial charge >= 0.3 is 15.4 Å². The summed E-state index contributed by atoms with van der Waals surface area (Å²) in [6.07, 6.45) is 0. The average molecular weight is 322 g/mol. The van der Waals surface area contributed by atoms with Crippen LogP contribution in [0.1, 0.15) is 0 Å². The van der Waals surface area contributed by atoms with Gasteiger partial charge in [-0.25, -0.2) is 0 Å². The average Bonchev–Trinajstić information content (AvgIpc) is 1.82. The topological polar surface area (TPSA) is 0 Å². The summed E-state index contributed by atoms with van der Waals surface area (Å²) in [5.74, 6) is -0.825. The van der Waals surface area contributed by atoms with Crippen molar-refractivity contribution in [2.75, 3.05) is 5.88 Å². The van der Waals surface area contributed by atoms with Crippen LogP contribution in [0.3, 0.4) is 0 Å².